The summed E-state index contributed by atoms with van der Waals surface area (Å²) >= 11 is 0. The molecule has 2 aliphatic heterocycles. The molecule has 2 rings (SSSR count). The highest BCUT2D eigenvalue weighted by Crippen LogP contribution is 2.30. The number of nitrogens with one attached hydrogen (secondary N) is 1. The molecule has 0 bridgehead atoms. The largest absolute Gasteiger partial charge is 0.394 e. The van der Waals surface area contributed by atoms with Crippen LogP contribution in [0.1, 0.15) is 168 Å². The number of ether oxygens (including phenoxy) is 4. The van der Waals surface area contributed by atoms with Crippen molar-refractivity contribution in [1.29, 1.82) is 0 Å². The summed E-state index contributed by atoms with van der Waals surface area (Å²) in [5.74, 6) is -0.287. The second kappa shape index (κ2) is 44.7. The predicted octanol–water partition coefficient (Wildman–Crippen LogP) is 8.88. The van der Waals surface area contributed by atoms with E-state index in [2.05, 4.69) is 116 Å². The number of carbonyl (C=O) groups is 1. The second-order valence-electron chi connectivity index (χ2n) is 19.3. The van der Waals surface area contributed by atoms with Gasteiger partial charge in [0.25, 0.3) is 0 Å². The molecule has 9 N–H and O–H groups in total. The summed E-state index contributed by atoms with van der Waals surface area (Å²) in [4.78, 5) is 13.2. The predicted molar refractivity (Wildman–Crippen MR) is 295 cm³/mol. The van der Waals surface area contributed by atoms with E-state index in [9.17, 15) is 45.6 Å². The first-order chi connectivity index (χ1) is 36.1. The van der Waals surface area contributed by atoms with Gasteiger partial charge in [-0.05, 0) is 89.9 Å². The Morgan fingerprint density at radius 2 is 0.946 bits per heavy atom. The van der Waals surface area contributed by atoms with E-state index in [-0.39, 0.29) is 18.9 Å². The molecule has 0 radical (unpaired) electrons. The molecule has 422 valence electrons. The van der Waals surface area contributed by atoms with Gasteiger partial charge in [-0.3, -0.25) is 4.79 Å². The number of hydrogen-bond donors (Lipinski definition) is 9. The van der Waals surface area contributed by atoms with Crippen molar-refractivity contribution in [3.8, 4) is 0 Å². The van der Waals surface area contributed by atoms with Gasteiger partial charge < -0.3 is 65.1 Å². The number of rotatable bonds is 42. The lowest BCUT2D eigenvalue weighted by Crippen LogP contribution is -2.65. The van der Waals surface area contributed by atoms with Crippen LogP contribution >= 0.6 is 0 Å². The van der Waals surface area contributed by atoms with E-state index in [1.165, 1.54) is 57.8 Å². The number of amides is 1. The smallest absolute Gasteiger partial charge is 0.220 e. The Kier molecular flexibility index (Phi) is 40.4. The van der Waals surface area contributed by atoms with Gasteiger partial charge in [0.1, 0.15) is 48.8 Å². The highest BCUT2D eigenvalue weighted by Gasteiger charge is 2.51. The standard InChI is InChI=1S/C60H99NO13/c1-3-5-7-9-11-13-15-17-19-20-21-22-23-24-25-26-27-28-30-32-34-36-38-40-42-44-52(65)61-48(49(64)43-41-39-37-35-33-31-29-18-16-14-12-10-8-6-4-2)47-71-59-57(70)55(68)58(51(46-63)73-59)74-60-56(69)54(67)53(66)50(45-62)72-60/h5,7,11,13,17,19,21-22,24-25,27-28,32-35,41,43,48-51,53-60,62-64,66-70H,3-4,6,8-10,12,14-16,18,20,23,26,29-31,36-40,42,44-47H2,1-2H3,(H,61,65)/b7-5-,13-11-,19-17-,22-21-,25-24-,28-27-,34-32-,35-33+,43-41+. The molecule has 2 heterocycles. The number of carbonyl (C=O) groups excluding carboxylic acids is 1. The van der Waals surface area contributed by atoms with Gasteiger partial charge in [0.2, 0.25) is 5.91 Å². The van der Waals surface area contributed by atoms with Crippen LogP contribution in [0.15, 0.2) is 109 Å². The molecular formula is C60H99NO13. The topological polar surface area (TPSA) is 228 Å². The van der Waals surface area contributed by atoms with Crippen LogP contribution in [-0.4, -0.2) is 140 Å². The van der Waals surface area contributed by atoms with E-state index in [4.69, 9.17) is 18.9 Å². The first-order valence-electron chi connectivity index (χ1n) is 28.1. The molecule has 12 unspecified atom stereocenters. The summed E-state index contributed by atoms with van der Waals surface area (Å²) in [6.07, 6.45) is 45.5. The Morgan fingerprint density at radius 3 is 1.49 bits per heavy atom. The van der Waals surface area contributed by atoms with E-state index in [0.717, 1.165) is 77.0 Å². The lowest BCUT2D eigenvalue weighted by molar-refractivity contribution is -0.359. The quantitative estimate of drug-likeness (QED) is 0.0206. The first-order valence-corrected chi connectivity index (χ1v) is 28.1. The van der Waals surface area contributed by atoms with Crippen LogP contribution in [0.25, 0.3) is 0 Å². The molecule has 74 heavy (non-hydrogen) atoms. The zero-order valence-corrected chi connectivity index (χ0v) is 45.0. The maximum atomic E-state index is 13.2. The van der Waals surface area contributed by atoms with Crippen LogP contribution in [0.3, 0.4) is 0 Å². The van der Waals surface area contributed by atoms with Crippen LogP contribution in [0, 0.1) is 0 Å². The van der Waals surface area contributed by atoms with Gasteiger partial charge in [-0.2, -0.15) is 0 Å². The van der Waals surface area contributed by atoms with Crippen LogP contribution in [-0.2, 0) is 23.7 Å². The molecule has 2 fully saturated rings. The summed E-state index contributed by atoms with van der Waals surface area (Å²) in [7, 11) is 0. The van der Waals surface area contributed by atoms with Crippen molar-refractivity contribution in [2.24, 2.45) is 0 Å². The first kappa shape index (κ1) is 66.8. The van der Waals surface area contributed by atoms with Crippen molar-refractivity contribution >= 4 is 5.91 Å². The average molecular weight is 1040 g/mol. The molecule has 0 aromatic carbocycles. The van der Waals surface area contributed by atoms with Crippen molar-refractivity contribution in [1.82, 2.24) is 5.32 Å². The number of aliphatic hydroxyl groups is 8. The minimum Gasteiger partial charge on any atom is -0.394 e. The fourth-order valence-electron chi connectivity index (χ4n) is 8.40. The molecule has 0 spiro atoms. The molecule has 2 saturated heterocycles. The Labute approximate surface area is 445 Å². The highest BCUT2D eigenvalue weighted by molar-refractivity contribution is 5.76. The van der Waals surface area contributed by atoms with E-state index in [0.29, 0.717) is 12.8 Å². The maximum absolute atomic E-state index is 13.2. The Bertz CT molecular complexity index is 1650. The van der Waals surface area contributed by atoms with E-state index in [1.54, 1.807) is 6.08 Å². The molecule has 12 atom stereocenters. The number of hydrogen-bond acceptors (Lipinski definition) is 13. The Hall–Kier alpha value is -3.35. The fraction of sp³-hybridized carbons (Fsp3) is 0.683. The van der Waals surface area contributed by atoms with Gasteiger partial charge in [0.15, 0.2) is 12.6 Å². The highest BCUT2D eigenvalue weighted by atomic mass is 16.7. The van der Waals surface area contributed by atoms with Gasteiger partial charge in [0.05, 0.1) is 32.0 Å². The number of unbranched alkanes of at least 4 members (excludes halogenated alkanes) is 13. The van der Waals surface area contributed by atoms with Gasteiger partial charge in [-0.1, -0.05) is 181 Å². The minimum atomic E-state index is -1.80. The van der Waals surface area contributed by atoms with E-state index < -0.39 is 86.8 Å². The molecule has 0 aromatic rings. The summed E-state index contributed by atoms with van der Waals surface area (Å²) in [6.45, 7) is 2.61. The van der Waals surface area contributed by atoms with Crippen LogP contribution in [0.4, 0.5) is 0 Å². The zero-order valence-electron chi connectivity index (χ0n) is 45.0. The lowest BCUT2D eigenvalue weighted by atomic mass is 9.97. The summed E-state index contributed by atoms with van der Waals surface area (Å²) in [6, 6.07) is -0.957. The molecule has 2 aliphatic rings. The second-order valence-corrected chi connectivity index (χ2v) is 19.3. The van der Waals surface area contributed by atoms with Gasteiger partial charge in [-0.25, -0.2) is 0 Å². The summed E-state index contributed by atoms with van der Waals surface area (Å²) in [5.41, 5.74) is 0. The Balaban J connectivity index is 1.82. The maximum Gasteiger partial charge on any atom is 0.220 e. The van der Waals surface area contributed by atoms with Crippen molar-refractivity contribution in [2.75, 3.05) is 19.8 Å². The molecule has 0 aromatic heterocycles. The molecule has 0 aliphatic carbocycles. The average Bonchev–Trinajstić information content (AvgIpc) is 3.40. The lowest BCUT2D eigenvalue weighted by Gasteiger charge is -2.46. The van der Waals surface area contributed by atoms with Gasteiger partial charge >= 0.3 is 0 Å². The van der Waals surface area contributed by atoms with E-state index in [1.807, 2.05) is 6.08 Å². The molecule has 14 nitrogen and oxygen atoms in total. The normalized spacial score (nSPS) is 26.1. The van der Waals surface area contributed by atoms with Crippen molar-refractivity contribution in [3.05, 3.63) is 109 Å². The van der Waals surface area contributed by atoms with Crippen molar-refractivity contribution < 1.29 is 64.6 Å². The van der Waals surface area contributed by atoms with Crippen molar-refractivity contribution in [3.63, 3.8) is 0 Å². The van der Waals surface area contributed by atoms with Gasteiger partial charge in [0, 0.05) is 6.42 Å². The van der Waals surface area contributed by atoms with Crippen molar-refractivity contribution in [2.45, 2.75) is 242 Å². The molecule has 14 heteroatoms. The van der Waals surface area contributed by atoms with Crippen LogP contribution < -0.4 is 5.32 Å². The third-order valence-corrected chi connectivity index (χ3v) is 12.9. The van der Waals surface area contributed by atoms with Gasteiger partial charge in [-0.15, -0.1) is 0 Å². The number of allylic oxidation sites excluding steroid dienone is 17. The SMILES string of the molecule is CC/C=C\C/C=C\C/C=C\C/C=C\C/C=C\C/C=C\C/C=C\CCCCCC(=O)NC(COC1OC(CO)C(OC2OC(CO)C(O)C(O)C2O)C(O)C1O)C(O)/C=C/CC/C=C/CCCCCCCCCCC. The Morgan fingerprint density at radius 1 is 0.500 bits per heavy atom. The monoisotopic (exact) mass is 1040 g/mol. The molecular weight excluding hydrogens is 943 g/mol. The molecule has 0 saturated carbocycles. The summed E-state index contributed by atoms with van der Waals surface area (Å²) < 4.78 is 22.7. The molecule has 1 amide bonds. The van der Waals surface area contributed by atoms with E-state index >= 15 is 0 Å². The summed E-state index contributed by atoms with van der Waals surface area (Å²) in [5, 5.41) is 86.9. The third kappa shape index (κ3) is 30.4. The third-order valence-electron chi connectivity index (χ3n) is 12.9. The zero-order chi connectivity index (χ0) is 53.9. The van der Waals surface area contributed by atoms with Crippen LogP contribution in [0.5, 0.6) is 0 Å². The minimum absolute atomic E-state index is 0.226. The van der Waals surface area contributed by atoms with Crippen LogP contribution in [0.2, 0.25) is 0 Å². The fourth-order valence-corrected chi connectivity index (χ4v) is 8.40. The number of aliphatic hydroxyl groups excluding tert-OH is 8.